The summed E-state index contributed by atoms with van der Waals surface area (Å²) in [6.45, 7) is 2.16. The molecule has 2 atom stereocenters. The molecule has 0 bridgehead atoms. The van der Waals surface area contributed by atoms with Gasteiger partial charge in [-0.25, -0.2) is 0 Å². The molecule has 5 heteroatoms. The smallest absolute Gasteiger partial charge is 0.328 e. The van der Waals surface area contributed by atoms with E-state index in [4.69, 9.17) is 0 Å². The average Bonchev–Trinajstić information content (AvgIpc) is 3.28. The molecule has 2 fully saturated rings. The number of carboxylic acid groups (broad SMARTS) is 1. The molecule has 1 saturated heterocycles. The lowest BCUT2D eigenvalue weighted by atomic mass is 9.85. The molecular formula is C28H32N2O3. The largest absolute Gasteiger partial charge is 0.480 e. The van der Waals surface area contributed by atoms with Crippen LogP contribution < -0.4 is 0 Å². The minimum Gasteiger partial charge on any atom is -0.480 e. The fourth-order valence-corrected chi connectivity index (χ4v) is 6.19. The molecule has 1 saturated carbocycles. The lowest BCUT2D eigenvalue weighted by Gasteiger charge is -2.43. The summed E-state index contributed by atoms with van der Waals surface area (Å²) < 4.78 is 0. The first-order valence-corrected chi connectivity index (χ1v) is 12.2. The maximum Gasteiger partial charge on any atom is 0.328 e. The quantitative estimate of drug-likeness (QED) is 0.664. The summed E-state index contributed by atoms with van der Waals surface area (Å²) in [4.78, 5) is 31.4. The number of benzene rings is 2. The second-order valence-electron chi connectivity index (χ2n) is 9.62. The van der Waals surface area contributed by atoms with E-state index < -0.39 is 11.4 Å². The van der Waals surface area contributed by atoms with E-state index in [1.54, 1.807) is 4.90 Å². The third-order valence-corrected chi connectivity index (χ3v) is 7.83. The van der Waals surface area contributed by atoms with Gasteiger partial charge in [0.05, 0.1) is 0 Å². The Balaban J connectivity index is 1.53. The van der Waals surface area contributed by atoms with Crippen molar-refractivity contribution in [2.24, 2.45) is 5.41 Å². The lowest BCUT2D eigenvalue weighted by molar-refractivity contribution is -0.152. The van der Waals surface area contributed by atoms with Crippen LogP contribution in [0.5, 0.6) is 0 Å². The van der Waals surface area contributed by atoms with E-state index >= 15 is 0 Å². The molecule has 1 heterocycles. The normalized spacial score (nSPS) is 24.5. The fraction of sp³-hybridized carbons (Fsp3) is 0.429. The predicted octanol–water partition coefficient (Wildman–Crippen LogP) is 4.55. The van der Waals surface area contributed by atoms with Gasteiger partial charge in [0.1, 0.15) is 0 Å². The van der Waals surface area contributed by atoms with Crippen LogP contribution in [0.1, 0.15) is 49.7 Å². The number of nitrogens with zero attached hydrogens (tertiary/aromatic N) is 2. The maximum atomic E-state index is 14.2. The Labute approximate surface area is 195 Å². The number of likely N-dealkylation sites (N-methyl/N-ethyl adjacent to an activating group) is 1. The molecule has 2 aromatic carbocycles. The minimum atomic E-state index is -1.62. The molecule has 0 spiro atoms. The first-order chi connectivity index (χ1) is 16.1. The van der Waals surface area contributed by atoms with E-state index in [1.165, 1.54) is 19.3 Å². The van der Waals surface area contributed by atoms with Gasteiger partial charge in [-0.2, -0.15) is 0 Å². The maximum absolute atomic E-state index is 14.2. The second-order valence-corrected chi connectivity index (χ2v) is 9.62. The Kier molecular flexibility index (Phi) is 5.83. The first kappa shape index (κ1) is 21.9. The molecule has 5 rings (SSSR count). The monoisotopic (exact) mass is 444 g/mol. The van der Waals surface area contributed by atoms with Crippen molar-refractivity contribution in [3.05, 3.63) is 71.8 Å². The summed E-state index contributed by atoms with van der Waals surface area (Å²) in [5.41, 5.74) is 1.25. The van der Waals surface area contributed by atoms with E-state index in [9.17, 15) is 14.7 Å². The van der Waals surface area contributed by atoms with Crippen molar-refractivity contribution in [2.75, 3.05) is 20.1 Å². The van der Waals surface area contributed by atoms with Crippen molar-refractivity contribution < 1.29 is 14.7 Å². The van der Waals surface area contributed by atoms with Crippen LogP contribution in [0.15, 0.2) is 60.7 Å². The van der Waals surface area contributed by atoms with Gasteiger partial charge in [-0.1, -0.05) is 73.5 Å². The van der Waals surface area contributed by atoms with Crippen LogP contribution in [0.3, 0.4) is 0 Å². The number of carbonyl (C=O) groups is 2. The van der Waals surface area contributed by atoms with Crippen molar-refractivity contribution in [3.8, 4) is 0 Å². The fourth-order valence-electron chi connectivity index (χ4n) is 6.19. The lowest BCUT2D eigenvalue weighted by Crippen LogP contribution is -2.55. The van der Waals surface area contributed by atoms with Crippen molar-refractivity contribution in [2.45, 2.75) is 50.6 Å². The zero-order valence-corrected chi connectivity index (χ0v) is 19.2. The predicted molar refractivity (Wildman–Crippen MR) is 129 cm³/mol. The topological polar surface area (TPSA) is 60.9 Å². The minimum absolute atomic E-state index is 0.0511. The average molecular weight is 445 g/mol. The highest BCUT2D eigenvalue weighted by Crippen LogP contribution is 2.64. The highest BCUT2D eigenvalue weighted by molar-refractivity contribution is 6.39. The van der Waals surface area contributed by atoms with Gasteiger partial charge in [-0.15, -0.1) is 0 Å². The molecule has 0 radical (unpaired) electrons. The van der Waals surface area contributed by atoms with Crippen LogP contribution in [-0.2, 0) is 9.59 Å². The van der Waals surface area contributed by atoms with Crippen molar-refractivity contribution >= 4 is 23.0 Å². The van der Waals surface area contributed by atoms with Crippen molar-refractivity contribution in [1.82, 2.24) is 9.80 Å². The Morgan fingerprint density at radius 2 is 1.36 bits per heavy atom. The molecule has 33 heavy (non-hydrogen) atoms. The van der Waals surface area contributed by atoms with Crippen LogP contribution in [-0.4, -0.2) is 59.0 Å². The highest BCUT2D eigenvalue weighted by atomic mass is 16.4. The molecule has 1 amide bonds. The molecule has 1 aliphatic heterocycles. The van der Waals surface area contributed by atoms with Gasteiger partial charge in [-0.05, 0) is 61.0 Å². The van der Waals surface area contributed by atoms with Crippen LogP contribution in [0, 0.1) is 5.41 Å². The summed E-state index contributed by atoms with van der Waals surface area (Å²) in [7, 11) is 1.83. The van der Waals surface area contributed by atoms with Crippen LogP contribution in [0.25, 0.3) is 11.1 Å². The van der Waals surface area contributed by atoms with E-state index in [-0.39, 0.29) is 11.9 Å². The number of hydrogen-bond acceptors (Lipinski definition) is 3. The first-order valence-electron chi connectivity index (χ1n) is 12.2. The summed E-state index contributed by atoms with van der Waals surface area (Å²) in [6.07, 6.45) is 6.67. The molecule has 3 aliphatic rings. The molecule has 5 nitrogen and oxygen atoms in total. The summed E-state index contributed by atoms with van der Waals surface area (Å²) in [5, 5.41) is 10.6. The standard InChI is InChI=1S/C28H32N2O3/c1-29(22-16-8-9-17-23(22)30-18-10-11-19-30)26(31)28(27(32)33)24(20-12-4-2-5-13-20)25(28)21-14-6-3-7-15-21/h2-7,12-15,22-23H,8-11,16-19H2,1H3,(H,32,33). The van der Waals surface area contributed by atoms with Crippen molar-refractivity contribution in [1.29, 1.82) is 0 Å². The van der Waals surface area contributed by atoms with Gasteiger partial charge >= 0.3 is 5.97 Å². The molecule has 1 N–H and O–H groups in total. The summed E-state index contributed by atoms with van der Waals surface area (Å²) in [5.74, 6) is -1.38. The number of aliphatic carboxylic acids is 1. The Morgan fingerprint density at radius 1 is 0.848 bits per heavy atom. The van der Waals surface area contributed by atoms with Crippen LogP contribution in [0.4, 0.5) is 0 Å². The van der Waals surface area contributed by atoms with Gasteiger partial charge < -0.3 is 10.0 Å². The molecule has 2 aliphatic carbocycles. The van der Waals surface area contributed by atoms with Crippen LogP contribution in [0.2, 0.25) is 0 Å². The van der Waals surface area contributed by atoms with Crippen molar-refractivity contribution in [3.63, 3.8) is 0 Å². The summed E-state index contributed by atoms with van der Waals surface area (Å²) >= 11 is 0. The number of carboxylic acids is 1. The zero-order valence-electron chi connectivity index (χ0n) is 19.2. The number of rotatable bonds is 6. The van der Waals surface area contributed by atoms with Gasteiger partial charge in [-0.3, -0.25) is 14.5 Å². The molecule has 172 valence electrons. The Bertz CT molecular complexity index is 1010. The molecule has 2 aromatic rings. The van der Waals surface area contributed by atoms with Gasteiger partial charge in [0.2, 0.25) is 5.91 Å². The SMILES string of the molecule is CN(C(=O)C1(C(=O)O)C(c2ccccc2)=C1c1ccccc1)C1CCCCC1N1CCCC1. The number of likely N-dealkylation sites (tertiary alicyclic amines) is 1. The van der Waals surface area contributed by atoms with Crippen LogP contribution >= 0.6 is 0 Å². The number of carbonyl (C=O) groups excluding carboxylic acids is 1. The number of amides is 1. The van der Waals surface area contributed by atoms with Gasteiger partial charge in [0.15, 0.2) is 5.41 Å². The van der Waals surface area contributed by atoms with Gasteiger partial charge in [0.25, 0.3) is 0 Å². The Hall–Kier alpha value is -2.92. The zero-order chi connectivity index (χ0) is 23.0. The van der Waals surface area contributed by atoms with E-state index in [1.807, 2.05) is 67.7 Å². The summed E-state index contributed by atoms with van der Waals surface area (Å²) in [6, 6.07) is 19.4. The van der Waals surface area contributed by atoms with Gasteiger partial charge in [0, 0.05) is 19.1 Å². The molecular weight excluding hydrogens is 412 g/mol. The third kappa shape index (κ3) is 3.59. The van der Waals surface area contributed by atoms with E-state index in [2.05, 4.69) is 4.90 Å². The Morgan fingerprint density at radius 3 is 1.88 bits per heavy atom. The molecule has 0 aromatic heterocycles. The van der Waals surface area contributed by atoms with E-state index in [0.29, 0.717) is 17.2 Å². The second kappa shape index (κ2) is 8.79. The third-order valence-electron chi connectivity index (χ3n) is 7.83. The highest BCUT2D eigenvalue weighted by Gasteiger charge is 2.67. The number of hydrogen-bond donors (Lipinski definition) is 1. The molecule has 2 unspecified atom stereocenters. The van der Waals surface area contributed by atoms with E-state index in [0.717, 1.165) is 43.5 Å².